The van der Waals surface area contributed by atoms with E-state index < -0.39 is 18.2 Å². The summed E-state index contributed by atoms with van der Waals surface area (Å²) in [4.78, 5) is 0. The summed E-state index contributed by atoms with van der Waals surface area (Å²) < 4.78 is 0. The van der Waals surface area contributed by atoms with E-state index in [1.807, 2.05) is 6.08 Å². The fourth-order valence-electron chi connectivity index (χ4n) is 6.32. The zero-order chi connectivity index (χ0) is 31.5. The number of rotatable bonds is 36. The number of nitrogens with two attached hydrogens (primary N) is 1. The molecule has 1 unspecified atom stereocenters. The van der Waals surface area contributed by atoms with Gasteiger partial charge in [0.2, 0.25) is 0 Å². The average molecular weight is 608 g/mol. The lowest BCUT2D eigenvalue weighted by Gasteiger charge is -2.22. The minimum Gasteiger partial charge on any atom is -0.391 e. The molecule has 0 aliphatic heterocycles. The van der Waals surface area contributed by atoms with Crippen LogP contribution in [-0.4, -0.2) is 28.5 Å². The van der Waals surface area contributed by atoms with Crippen molar-refractivity contribution in [2.75, 3.05) is 0 Å². The molecule has 0 heterocycles. The van der Waals surface area contributed by atoms with Crippen LogP contribution < -0.4 is 5.73 Å². The van der Waals surface area contributed by atoms with E-state index >= 15 is 0 Å². The second kappa shape index (κ2) is 36.1. The van der Waals surface area contributed by atoms with E-state index in [1.54, 1.807) is 0 Å². The highest BCUT2D eigenvalue weighted by molar-refractivity contribution is 4.96. The molecule has 0 saturated carbocycles. The SMILES string of the molecule is CCCCCCCCCCCCC/C=C/[C@@H](O)[C@@H](N)C(O)CCCCCCCCCCCCCCCCCCCCCC. The van der Waals surface area contributed by atoms with Crippen LogP contribution in [0.15, 0.2) is 12.2 Å². The van der Waals surface area contributed by atoms with Gasteiger partial charge in [-0.1, -0.05) is 219 Å². The van der Waals surface area contributed by atoms with Crippen molar-refractivity contribution in [1.29, 1.82) is 0 Å². The van der Waals surface area contributed by atoms with E-state index in [1.165, 1.54) is 186 Å². The highest BCUT2D eigenvalue weighted by atomic mass is 16.3. The Kier molecular flexibility index (Phi) is 35.8. The molecule has 0 bridgehead atoms. The molecule has 0 rings (SSSR count). The molecule has 3 atom stereocenters. The minimum absolute atomic E-state index is 0.575. The van der Waals surface area contributed by atoms with Gasteiger partial charge < -0.3 is 15.9 Å². The lowest BCUT2D eigenvalue weighted by molar-refractivity contribution is 0.0710. The summed E-state index contributed by atoms with van der Waals surface area (Å²) in [7, 11) is 0. The lowest BCUT2D eigenvalue weighted by atomic mass is 9.98. The van der Waals surface area contributed by atoms with Crippen LogP contribution in [0.5, 0.6) is 0 Å². The first-order valence-electron chi connectivity index (χ1n) is 19.9. The van der Waals surface area contributed by atoms with Crippen molar-refractivity contribution in [3.63, 3.8) is 0 Å². The fourth-order valence-corrected chi connectivity index (χ4v) is 6.32. The molecule has 0 aromatic heterocycles. The van der Waals surface area contributed by atoms with Crippen molar-refractivity contribution in [2.24, 2.45) is 5.73 Å². The van der Waals surface area contributed by atoms with Gasteiger partial charge in [-0.2, -0.15) is 0 Å². The van der Waals surface area contributed by atoms with Crippen LogP contribution in [0.1, 0.15) is 226 Å². The molecular formula is C40H81NO2. The Labute approximate surface area is 271 Å². The molecule has 0 aromatic carbocycles. The molecule has 0 saturated heterocycles. The molecule has 0 fully saturated rings. The van der Waals surface area contributed by atoms with Crippen LogP contribution in [-0.2, 0) is 0 Å². The van der Waals surface area contributed by atoms with Crippen LogP contribution in [0.25, 0.3) is 0 Å². The summed E-state index contributed by atoms with van der Waals surface area (Å²) in [5.74, 6) is 0. The number of aliphatic hydroxyl groups is 2. The summed E-state index contributed by atoms with van der Waals surface area (Å²) in [6.07, 6.45) is 46.6. The Hall–Kier alpha value is -0.380. The topological polar surface area (TPSA) is 66.5 Å². The van der Waals surface area contributed by atoms with Crippen molar-refractivity contribution in [3.8, 4) is 0 Å². The molecule has 0 aliphatic carbocycles. The van der Waals surface area contributed by atoms with Crippen molar-refractivity contribution in [2.45, 2.75) is 244 Å². The molecule has 0 aromatic rings. The molecule has 43 heavy (non-hydrogen) atoms. The first-order valence-corrected chi connectivity index (χ1v) is 19.9. The Morgan fingerprint density at radius 3 is 1.02 bits per heavy atom. The van der Waals surface area contributed by atoms with Gasteiger partial charge in [0.05, 0.1) is 18.2 Å². The van der Waals surface area contributed by atoms with E-state index in [0.29, 0.717) is 6.42 Å². The van der Waals surface area contributed by atoms with Crippen LogP contribution in [0.4, 0.5) is 0 Å². The number of aliphatic hydroxyl groups excluding tert-OH is 2. The number of allylic oxidation sites excluding steroid dienone is 1. The van der Waals surface area contributed by atoms with Gasteiger partial charge in [-0.05, 0) is 19.3 Å². The van der Waals surface area contributed by atoms with E-state index in [4.69, 9.17) is 5.73 Å². The van der Waals surface area contributed by atoms with E-state index in [9.17, 15) is 10.2 Å². The van der Waals surface area contributed by atoms with Gasteiger partial charge in [-0.25, -0.2) is 0 Å². The highest BCUT2D eigenvalue weighted by Gasteiger charge is 2.20. The number of hydrogen-bond donors (Lipinski definition) is 3. The molecule has 0 aliphatic rings. The van der Waals surface area contributed by atoms with Crippen molar-refractivity contribution in [3.05, 3.63) is 12.2 Å². The third kappa shape index (κ3) is 32.8. The Morgan fingerprint density at radius 2 is 0.698 bits per heavy atom. The van der Waals surface area contributed by atoms with Gasteiger partial charge in [0, 0.05) is 0 Å². The van der Waals surface area contributed by atoms with E-state index in [-0.39, 0.29) is 0 Å². The molecule has 3 nitrogen and oxygen atoms in total. The molecule has 0 amide bonds. The van der Waals surface area contributed by atoms with Crippen LogP contribution in [0.3, 0.4) is 0 Å². The maximum absolute atomic E-state index is 10.4. The molecule has 0 spiro atoms. The minimum atomic E-state index is -0.743. The molecule has 0 radical (unpaired) electrons. The summed E-state index contributed by atoms with van der Waals surface area (Å²) in [5, 5.41) is 20.8. The molecular weight excluding hydrogens is 526 g/mol. The maximum atomic E-state index is 10.4. The van der Waals surface area contributed by atoms with Crippen LogP contribution in [0, 0.1) is 0 Å². The van der Waals surface area contributed by atoms with Crippen molar-refractivity contribution < 1.29 is 10.2 Å². The smallest absolute Gasteiger partial charge is 0.0897 e. The summed E-state index contributed by atoms with van der Waals surface area (Å²) in [5.41, 5.74) is 6.14. The van der Waals surface area contributed by atoms with Gasteiger partial charge in [0.25, 0.3) is 0 Å². The molecule has 3 heteroatoms. The molecule has 4 N–H and O–H groups in total. The van der Waals surface area contributed by atoms with Gasteiger partial charge in [-0.15, -0.1) is 0 Å². The van der Waals surface area contributed by atoms with Crippen molar-refractivity contribution >= 4 is 0 Å². The first kappa shape index (κ1) is 42.6. The largest absolute Gasteiger partial charge is 0.391 e. The Bertz CT molecular complexity index is 537. The number of unbranched alkanes of at least 4 members (excludes halogenated alkanes) is 30. The monoisotopic (exact) mass is 608 g/mol. The average Bonchev–Trinajstić information content (AvgIpc) is 3.01. The van der Waals surface area contributed by atoms with Gasteiger partial charge in [0.15, 0.2) is 0 Å². The lowest BCUT2D eigenvalue weighted by Crippen LogP contribution is -2.43. The zero-order valence-electron chi connectivity index (χ0n) is 29.7. The summed E-state index contributed by atoms with van der Waals surface area (Å²) >= 11 is 0. The summed E-state index contributed by atoms with van der Waals surface area (Å²) in [6.45, 7) is 4.57. The normalized spacial score (nSPS) is 14.1. The quantitative estimate of drug-likeness (QED) is 0.0490. The first-order chi connectivity index (χ1) is 21.1. The standard InChI is InChI=1S/C40H81NO2/c1-3-5-7-9-11-13-15-17-18-19-20-21-22-23-25-27-29-31-33-35-37-39(43)40(41)38(42)36-34-32-30-28-26-24-16-14-12-10-8-6-4-2/h34,36,38-40,42-43H,3-33,35,37,41H2,1-2H3/b36-34+/t38-,39?,40-/m1/s1. The Morgan fingerprint density at radius 1 is 0.419 bits per heavy atom. The summed E-state index contributed by atoms with van der Waals surface area (Å²) in [6, 6.07) is -0.575. The third-order valence-corrected chi connectivity index (χ3v) is 9.50. The van der Waals surface area contributed by atoms with E-state index in [0.717, 1.165) is 19.3 Å². The predicted octanol–water partition coefficient (Wildman–Crippen LogP) is 12.5. The zero-order valence-corrected chi connectivity index (χ0v) is 29.7. The van der Waals surface area contributed by atoms with Crippen LogP contribution >= 0.6 is 0 Å². The second-order valence-electron chi connectivity index (χ2n) is 13.9. The third-order valence-electron chi connectivity index (χ3n) is 9.50. The van der Waals surface area contributed by atoms with Gasteiger partial charge in [-0.3, -0.25) is 0 Å². The van der Waals surface area contributed by atoms with Crippen LogP contribution in [0.2, 0.25) is 0 Å². The van der Waals surface area contributed by atoms with E-state index in [2.05, 4.69) is 19.9 Å². The van der Waals surface area contributed by atoms with Crippen molar-refractivity contribution in [1.82, 2.24) is 0 Å². The molecule has 258 valence electrons. The van der Waals surface area contributed by atoms with Gasteiger partial charge >= 0.3 is 0 Å². The maximum Gasteiger partial charge on any atom is 0.0897 e. The van der Waals surface area contributed by atoms with Gasteiger partial charge in [0.1, 0.15) is 0 Å². The fraction of sp³-hybridized carbons (Fsp3) is 0.950. The highest BCUT2D eigenvalue weighted by Crippen LogP contribution is 2.16. The predicted molar refractivity (Wildman–Crippen MR) is 193 cm³/mol. The Balaban J connectivity index is 3.42. The number of hydrogen-bond acceptors (Lipinski definition) is 3. The second-order valence-corrected chi connectivity index (χ2v) is 13.9.